The Hall–Kier alpha value is -1.11. The van der Waals surface area contributed by atoms with E-state index in [9.17, 15) is 18.0 Å². The lowest BCUT2D eigenvalue weighted by Crippen LogP contribution is -2.69. The van der Waals surface area contributed by atoms with Crippen molar-refractivity contribution in [1.29, 1.82) is 0 Å². The van der Waals surface area contributed by atoms with E-state index in [-0.39, 0.29) is 29.9 Å². The Morgan fingerprint density at radius 2 is 1.86 bits per heavy atom. The van der Waals surface area contributed by atoms with Crippen molar-refractivity contribution in [2.75, 3.05) is 18.1 Å². The van der Waals surface area contributed by atoms with Crippen molar-refractivity contribution in [1.82, 2.24) is 10.2 Å². The second kappa shape index (κ2) is 6.77. The molecule has 1 aliphatic rings. The van der Waals surface area contributed by atoms with Crippen molar-refractivity contribution in [3.05, 3.63) is 0 Å². The van der Waals surface area contributed by atoms with Crippen LogP contribution in [0.4, 0.5) is 0 Å². The summed E-state index contributed by atoms with van der Waals surface area (Å²) in [4.78, 5) is 26.3. The van der Waals surface area contributed by atoms with E-state index in [2.05, 4.69) is 5.32 Å². The molecule has 0 aromatic carbocycles. The Morgan fingerprint density at radius 3 is 2.33 bits per heavy atom. The minimum absolute atomic E-state index is 0.0463. The van der Waals surface area contributed by atoms with Gasteiger partial charge in [-0.05, 0) is 19.8 Å². The summed E-state index contributed by atoms with van der Waals surface area (Å²) in [7, 11) is -3.17. The summed E-state index contributed by atoms with van der Waals surface area (Å²) in [6, 6.07) is -0.561. The third kappa shape index (κ3) is 3.96. The van der Waals surface area contributed by atoms with Gasteiger partial charge in [-0.1, -0.05) is 27.2 Å². The minimum Gasteiger partial charge on any atom is -0.340 e. The molecule has 1 N–H and O–H groups in total. The number of piperazine rings is 1. The first kappa shape index (κ1) is 17.9. The van der Waals surface area contributed by atoms with Crippen LogP contribution in [0.3, 0.4) is 0 Å². The standard InChI is InChI=1S/C14H26N2O4S/c1-5-8-11-12(17)15-14(4,6-2)13(18)16(11)9-10-21(19,20)7-3/h11H,5-10H2,1-4H3,(H,15,17). The third-order valence-corrected chi connectivity index (χ3v) is 5.85. The molecule has 0 aromatic rings. The summed E-state index contributed by atoms with van der Waals surface area (Å²) in [6.07, 6.45) is 1.78. The summed E-state index contributed by atoms with van der Waals surface area (Å²) in [6.45, 7) is 7.13. The van der Waals surface area contributed by atoms with Crippen LogP contribution in [0.2, 0.25) is 0 Å². The van der Waals surface area contributed by atoms with Crippen molar-refractivity contribution in [3.63, 3.8) is 0 Å². The molecule has 1 saturated heterocycles. The molecule has 7 heteroatoms. The number of rotatable bonds is 7. The summed E-state index contributed by atoms with van der Waals surface area (Å²) < 4.78 is 23.4. The zero-order chi connectivity index (χ0) is 16.3. The molecule has 6 nitrogen and oxygen atoms in total. The Labute approximate surface area is 127 Å². The van der Waals surface area contributed by atoms with Gasteiger partial charge >= 0.3 is 0 Å². The zero-order valence-corrected chi connectivity index (χ0v) is 14.1. The van der Waals surface area contributed by atoms with Crippen LogP contribution in [0.25, 0.3) is 0 Å². The molecule has 2 atom stereocenters. The molecule has 2 unspecified atom stereocenters. The summed E-state index contributed by atoms with van der Waals surface area (Å²) >= 11 is 0. The van der Waals surface area contributed by atoms with Crippen molar-refractivity contribution in [2.45, 2.75) is 58.5 Å². The van der Waals surface area contributed by atoms with Gasteiger partial charge in [0, 0.05) is 12.3 Å². The van der Waals surface area contributed by atoms with Gasteiger partial charge < -0.3 is 10.2 Å². The maximum atomic E-state index is 12.6. The average molecular weight is 318 g/mol. The van der Waals surface area contributed by atoms with Crippen molar-refractivity contribution >= 4 is 21.7 Å². The van der Waals surface area contributed by atoms with E-state index in [0.29, 0.717) is 12.8 Å². The SMILES string of the molecule is CCCC1C(=O)NC(C)(CC)C(=O)N1CCS(=O)(=O)CC. The van der Waals surface area contributed by atoms with Crippen LogP contribution in [-0.2, 0) is 19.4 Å². The fourth-order valence-electron chi connectivity index (χ4n) is 2.45. The fourth-order valence-corrected chi connectivity index (χ4v) is 3.21. The van der Waals surface area contributed by atoms with Gasteiger partial charge in [-0.2, -0.15) is 0 Å². The number of carbonyl (C=O) groups excluding carboxylic acids is 2. The van der Waals surface area contributed by atoms with Crippen LogP contribution in [0.5, 0.6) is 0 Å². The number of carbonyl (C=O) groups is 2. The first-order valence-electron chi connectivity index (χ1n) is 7.54. The molecule has 0 aliphatic carbocycles. The molecular weight excluding hydrogens is 292 g/mol. The molecule has 0 saturated carbocycles. The quantitative estimate of drug-likeness (QED) is 0.749. The van der Waals surface area contributed by atoms with Crippen LogP contribution in [0.15, 0.2) is 0 Å². The lowest BCUT2D eigenvalue weighted by Gasteiger charge is -2.44. The van der Waals surface area contributed by atoms with Crippen molar-refractivity contribution < 1.29 is 18.0 Å². The highest BCUT2D eigenvalue weighted by atomic mass is 32.2. The van der Waals surface area contributed by atoms with Gasteiger partial charge in [-0.15, -0.1) is 0 Å². The van der Waals surface area contributed by atoms with E-state index >= 15 is 0 Å². The van der Waals surface area contributed by atoms with Crippen LogP contribution in [0.1, 0.15) is 47.0 Å². The molecule has 1 aliphatic heterocycles. The smallest absolute Gasteiger partial charge is 0.248 e. The summed E-state index contributed by atoms with van der Waals surface area (Å²) in [5.41, 5.74) is -0.933. The van der Waals surface area contributed by atoms with E-state index < -0.39 is 21.4 Å². The van der Waals surface area contributed by atoms with E-state index in [1.54, 1.807) is 13.8 Å². The second-order valence-electron chi connectivity index (χ2n) is 5.71. The van der Waals surface area contributed by atoms with Crippen LogP contribution >= 0.6 is 0 Å². The highest BCUT2D eigenvalue weighted by molar-refractivity contribution is 7.91. The van der Waals surface area contributed by atoms with Crippen LogP contribution in [0, 0.1) is 0 Å². The van der Waals surface area contributed by atoms with E-state index in [1.807, 2.05) is 13.8 Å². The van der Waals surface area contributed by atoms with Crippen molar-refractivity contribution in [3.8, 4) is 0 Å². The predicted molar refractivity (Wildman–Crippen MR) is 81.6 cm³/mol. The highest BCUT2D eigenvalue weighted by Crippen LogP contribution is 2.23. The molecule has 2 amide bonds. The molecule has 0 spiro atoms. The number of nitrogens with zero attached hydrogens (tertiary/aromatic N) is 1. The lowest BCUT2D eigenvalue weighted by atomic mass is 9.91. The van der Waals surface area contributed by atoms with Gasteiger partial charge in [0.2, 0.25) is 11.8 Å². The summed E-state index contributed by atoms with van der Waals surface area (Å²) in [5, 5.41) is 2.79. The molecule has 1 fully saturated rings. The van der Waals surface area contributed by atoms with Crippen molar-refractivity contribution in [2.24, 2.45) is 0 Å². The number of nitrogens with one attached hydrogen (secondary N) is 1. The van der Waals surface area contributed by atoms with Gasteiger partial charge in [-0.25, -0.2) is 8.42 Å². The van der Waals surface area contributed by atoms with E-state index in [0.717, 1.165) is 6.42 Å². The molecule has 21 heavy (non-hydrogen) atoms. The Bertz CT molecular complexity index is 503. The highest BCUT2D eigenvalue weighted by Gasteiger charge is 2.46. The second-order valence-corrected chi connectivity index (χ2v) is 8.19. The van der Waals surface area contributed by atoms with Crippen LogP contribution in [-0.4, -0.2) is 54.8 Å². The molecule has 0 bridgehead atoms. The van der Waals surface area contributed by atoms with Gasteiger partial charge in [0.05, 0.1) is 5.75 Å². The normalized spacial score (nSPS) is 26.9. The third-order valence-electron chi connectivity index (χ3n) is 4.16. The first-order valence-corrected chi connectivity index (χ1v) is 9.36. The largest absolute Gasteiger partial charge is 0.340 e. The monoisotopic (exact) mass is 318 g/mol. The molecular formula is C14H26N2O4S. The molecule has 0 radical (unpaired) electrons. The van der Waals surface area contributed by atoms with Gasteiger partial charge in [0.15, 0.2) is 9.84 Å². The number of hydrogen-bond donors (Lipinski definition) is 1. The summed E-state index contributed by atoms with van der Waals surface area (Å²) in [5.74, 6) is -0.420. The predicted octanol–water partition coefficient (Wildman–Crippen LogP) is 0.717. The van der Waals surface area contributed by atoms with E-state index in [1.165, 1.54) is 4.90 Å². The number of amides is 2. The molecule has 1 heterocycles. The topological polar surface area (TPSA) is 83.6 Å². The molecule has 0 aromatic heterocycles. The van der Waals surface area contributed by atoms with Crippen LogP contribution < -0.4 is 5.32 Å². The first-order chi connectivity index (χ1) is 9.70. The molecule has 1 rings (SSSR count). The Balaban J connectivity index is 3.00. The number of hydrogen-bond acceptors (Lipinski definition) is 4. The Morgan fingerprint density at radius 1 is 1.24 bits per heavy atom. The Kier molecular flexibility index (Phi) is 5.78. The zero-order valence-electron chi connectivity index (χ0n) is 13.3. The van der Waals surface area contributed by atoms with Gasteiger partial charge in [0.1, 0.15) is 11.6 Å². The maximum Gasteiger partial charge on any atom is 0.248 e. The minimum atomic E-state index is -3.17. The lowest BCUT2D eigenvalue weighted by molar-refractivity contribution is -0.154. The van der Waals surface area contributed by atoms with E-state index in [4.69, 9.17) is 0 Å². The fraction of sp³-hybridized carbons (Fsp3) is 0.857. The van der Waals surface area contributed by atoms with Gasteiger partial charge in [0.25, 0.3) is 0 Å². The number of sulfone groups is 1. The van der Waals surface area contributed by atoms with Gasteiger partial charge in [-0.3, -0.25) is 9.59 Å². The maximum absolute atomic E-state index is 12.6. The molecule has 122 valence electrons. The average Bonchev–Trinajstić information content (AvgIpc) is 2.44.